The third kappa shape index (κ3) is 5.76. The van der Waals surface area contributed by atoms with Gasteiger partial charge in [-0.2, -0.15) is 5.10 Å². The number of halogens is 1. The van der Waals surface area contributed by atoms with Crippen molar-refractivity contribution in [3.05, 3.63) is 89.5 Å². The van der Waals surface area contributed by atoms with Gasteiger partial charge >= 0.3 is 0 Å². The lowest BCUT2D eigenvalue weighted by Gasteiger charge is -2.30. The maximum Gasteiger partial charge on any atom is 0.229 e. The van der Waals surface area contributed by atoms with Crippen molar-refractivity contribution in [2.75, 3.05) is 47.9 Å². The van der Waals surface area contributed by atoms with Gasteiger partial charge in [0.1, 0.15) is 11.6 Å². The van der Waals surface area contributed by atoms with Crippen LogP contribution in [0.15, 0.2) is 66.9 Å². The number of anilines is 3. The Morgan fingerprint density at radius 2 is 1.86 bits per heavy atom. The maximum atomic E-state index is 14.1. The number of benzene rings is 3. The first-order valence-corrected chi connectivity index (χ1v) is 15.4. The number of hydrogen-bond acceptors (Lipinski definition) is 8. The molecule has 0 unspecified atom stereocenters. The van der Waals surface area contributed by atoms with E-state index in [2.05, 4.69) is 14.8 Å². The molecule has 1 aliphatic heterocycles. The Morgan fingerprint density at radius 3 is 2.58 bits per heavy atom. The first-order valence-electron chi connectivity index (χ1n) is 13.5. The van der Waals surface area contributed by atoms with Crippen molar-refractivity contribution in [2.24, 2.45) is 0 Å². The number of aryl methyl sites for hydroxylation is 1. The van der Waals surface area contributed by atoms with Crippen molar-refractivity contribution in [3.63, 3.8) is 0 Å². The Labute approximate surface area is 247 Å². The molecule has 0 saturated carbocycles. The molecule has 0 aliphatic carbocycles. The second kappa shape index (κ2) is 11.1. The Hall–Kier alpha value is -4.88. The van der Waals surface area contributed by atoms with E-state index in [1.54, 1.807) is 48.5 Å². The van der Waals surface area contributed by atoms with Gasteiger partial charge in [-0.1, -0.05) is 12.1 Å². The van der Waals surface area contributed by atoms with Gasteiger partial charge in [0.15, 0.2) is 11.6 Å². The topological polar surface area (TPSA) is 145 Å². The predicted molar refractivity (Wildman–Crippen MR) is 162 cm³/mol. The van der Waals surface area contributed by atoms with Crippen LogP contribution >= 0.6 is 0 Å². The Balaban J connectivity index is 1.29. The molecule has 3 aromatic carbocycles. The molecule has 0 atom stereocenters. The minimum Gasteiger partial charge on any atom is -0.454 e. The number of hydrogen-bond donors (Lipinski definition) is 3. The zero-order chi connectivity index (χ0) is 30.3. The molecule has 0 radical (unpaired) electrons. The van der Waals surface area contributed by atoms with Crippen LogP contribution in [-0.2, 0) is 14.8 Å². The molecule has 5 aromatic rings. The number of ketones is 1. The molecular weight excluding hydrogens is 575 g/mol. The lowest BCUT2D eigenvalue weighted by molar-refractivity contribution is 0.103. The molecule has 0 bridgehead atoms. The zero-order valence-electron chi connectivity index (χ0n) is 23.4. The number of ether oxygens (including phenoxy) is 2. The van der Waals surface area contributed by atoms with Gasteiger partial charge in [-0.3, -0.25) is 9.52 Å². The number of carbonyl (C=O) groups is 1. The van der Waals surface area contributed by atoms with Crippen LogP contribution in [0.4, 0.5) is 21.6 Å². The molecule has 6 rings (SSSR count). The largest absolute Gasteiger partial charge is 0.454 e. The number of nitrogens with zero attached hydrogens (tertiary/aromatic N) is 3. The van der Waals surface area contributed by atoms with Gasteiger partial charge in [0, 0.05) is 24.0 Å². The average molecular weight is 605 g/mol. The molecule has 222 valence electrons. The van der Waals surface area contributed by atoms with E-state index in [0.29, 0.717) is 60.2 Å². The first-order chi connectivity index (χ1) is 20.6. The highest BCUT2D eigenvalue weighted by Crippen LogP contribution is 2.34. The van der Waals surface area contributed by atoms with E-state index in [1.165, 1.54) is 16.9 Å². The molecule has 0 amide bonds. The molecule has 43 heavy (non-hydrogen) atoms. The van der Waals surface area contributed by atoms with Gasteiger partial charge in [0.25, 0.3) is 0 Å². The summed E-state index contributed by atoms with van der Waals surface area (Å²) in [6.07, 6.45) is 2.49. The zero-order valence-corrected chi connectivity index (χ0v) is 24.2. The number of nitrogens with two attached hydrogens (primary N) is 1. The van der Waals surface area contributed by atoms with Crippen molar-refractivity contribution in [1.82, 2.24) is 14.8 Å². The molecule has 0 spiro atoms. The standard InChI is InChI=1S/C30H29FN6O5S/c1-18-13-20(7-8-27(18)42-28-6-4-3-5-22(28)31)37-30(32)21(17-33-37)29(38)25-14-19-15-26(36-9-11-41-12-10-36)24(16-23(19)34-25)35-43(2,39)40/h3-8,13-17,34-35H,9-12,32H2,1-2H3. The Bertz CT molecular complexity index is 1960. The summed E-state index contributed by atoms with van der Waals surface area (Å²) in [5.74, 6) is -0.127. The third-order valence-electron chi connectivity index (χ3n) is 7.14. The van der Waals surface area contributed by atoms with Crippen LogP contribution in [0.2, 0.25) is 0 Å². The van der Waals surface area contributed by atoms with Gasteiger partial charge in [-0.05, 0) is 61.0 Å². The molecule has 11 nitrogen and oxygen atoms in total. The van der Waals surface area contributed by atoms with Crippen LogP contribution in [0.5, 0.6) is 11.5 Å². The van der Waals surface area contributed by atoms with Gasteiger partial charge < -0.3 is 25.1 Å². The van der Waals surface area contributed by atoms with Crippen molar-refractivity contribution >= 4 is 43.9 Å². The third-order valence-corrected chi connectivity index (χ3v) is 7.73. The summed E-state index contributed by atoms with van der Waals surface area (Å²) in [6, 6.07) is 16.6. The summed E-state index contributed by atoms with van der Waals surface area (Å²) < 4.78 is 53.5. The van der Waals surface area contributed by atoms with Crippen LogP contribution in [0, 0.1) is 12.7 Å². The first kappa shape index (κ1) is 28.2. The smallest absolute Gasteiger partial charge is 0.229 e. The summed E-state index contributed by atoms with van der Waals surface area (Å²) in [4.78, 5) is 18.7. The number of H-pyrrole nitrogens is 1. The molecule has 3 heterocycles. The monoisotopic (exact) mass is 604 g/mol. The second-order valence-corrected chi connectivity index (χ2v) is 12.0. The highest BCUT2D eigenvalue weighted by molar-refractivity contribution is 7.92. The Morgan fingerprint density at radius 1 is 1.09 bits per heavy atom. The van der Waals surface area contributed by atoms with Crippen molar-refractivity contribution in [1.29, 1.82) is 0 Å². The van der Waals surface area contributed by atoms with Crippen LogP contribution in [0.3, 0.4) is 0 Å². The fourth-order valence-electron chi connectivity index (χ4n) is 5.05. The number of para-hydroxylation sites is 1. The molecular formula is C30H29FN6O5S. The lowest BCUT2D eigenvalue weighted by Crippen LogP contribution is -2.36. The van der Waals surface area contributed by atoms with Crippen LogP contribution in [0.25, 0.3) is 16.6 Å². The minimum absolute atomic E-state index is 0.111. The van der Waals surface area contributed by atoms with Crippen LogP contribution in [-0.4, -0.2) is 61.5 Å². The van der Waals surface area contributed by atoms with E-state index in [-0.39, 0.29) is 28.6 Å². The molecule has 1 aliphatic rings. The number of morpholine rings is 1. The fourth-order valence-corrected chi connectivity index (χ4v) is 5.61. The van der Waals surface area contributed by atoms with Gasteiger partial charge in [-0.15, -0.1) is 0 Å². The summed E-state index contributed by atoms with van der Waals surface area (Å²) >= 11 is 0. The maximum absolute atomic E-state index is 14.1. The summed E-state index contributed by atoms with van der Waals surface area (Å²) in [5, 5.41) is 5.08. The second-order valence-electron chi connectivity index (χ2n) is 10.3. The van der Waals surface area contributed by atoms with Gasteiger partial charge in [0.2, 0.25) is 15.8 Å². The molecule has 1 saturated heterocycles. The quantitative estimate of drug-likeness (QED) is 0.218. The van der Waals surface area contributed by atoms with E-state index in [1.807, 2.05) is 17.9 Å². The lowest BCUT2D eigenvalue weighted by atomic mass is 10.1. The molecule has 1 fully saturated rings. The average Bonchev–Trinajstić information content (AvgIpc) is 3.57. The number of sulfonamides is 1. The van der Waals surface area contributed by atoms with Crippen molar-refractivity contribution < 1.29 is 27.1 Å². The number of nitrogen functional groups attached to an aromatic ring is 1. The number of aromatic nitrogens is 3. The number of nitrogens with one attached hydrogen (secondary N) is 2. The van der Waals surface area contributed by atoms with E-state index >= 15 is 0 Å². The predicted octanol–water partition coefficient (Wildman–Crippen LogP) is 4.61. The van der Waals surface area contributed by atoms with Crippen LogP contribution < -0.4 is 20.1 Å². The molecule has 13 heteroatoms. The normalized spacial score (nSPS) is 13.8. The minimum atomic E-state index is -3.55. The molecule has 4 N–H and O–H groups in total. The summed E-state index contributed by atoms with van der Waals surface area (Å²) in [7, 11) is -3.55. The van der Waals surface area contributed by atoms with Crippen molar-refractivity contribution in [2.45, 2.75) is 6.92 Å². The summed E-state index contributed by atoms with van der Waals surface area (Å²) in [6.45, 7) is 4.07. The number of rotatable bonds is 8. The number of carbonyl (C=O) groups excluding carboxylic acids is 1. The molecule has 2 aromatic heterocycles. The van der Waals surface area contributed by atoms with E-state index < -0.39 is 15.8 Å². The fraction of sp³-hybridized carbons (Fsp3) is 0.200. The van der Waals surface area contributed by atoms with Crippen molar-refractivity contribution in [3.8, 4) is 17.2 Å². The van der Waals surface area contributed by atoms with E-state index in [4.69, 9.17) is 15.2 Å². The Kier molecular flexibility index (Phi) is 7.28. The SMILES string of the molecule is Cc1cc(-n2ncc(C(=O)c3cc4cc(N5CCOCC5)c(NS(C)(=O)=O)cc4[nH]3)c2N)ccc1Oc1ccccc1F. The van der Waals surface area contributed by atoms with Crippen LogP contribution in [0.1, 0.15) is 21.6 Å². The highest BCUT2D eigenvalue weighted by atomic mass is 32.2. The van der Waals surface area contributed by atoms with E-state index in [0.717, 1.165) is 11.6 Å². The number of aromatic amines is 1. The highest BCUT2D eigenvalue weighted by Gasteiger charge is 2.23. The van der Waals surface area contributed by atoms with Gasteiger partial charge in [-0.25, -0.2) is 17.5 Å². The summed E-state index contributed by atoms with van der Waals surface area (Å²) in [5.41, 5.74) is 9.87. The van der Waals surface area contributed by atoms with E-state index in [9.17, 15) is 17.6 Å². The van der Waals surface area contributed by atoms with Gasteiger partial charge in [0.05, 0.1) is 54.0 Å². The number of fused-ring (bicyclic) bond motifs is 1.